The number of aryl methyl sites for hydroxylation is 1. The fraction of sp³-hybridized carbons (Fsp3) is 0.407. The third-order valence-corrected chi connectivity index (χ3v) is 7.51. The third-order valence-electron chi connectivity index (χ3n) is 6.89. The molecular weight excluding hydrogens is 576 g/mol. The van der Waals surface area contributed by atoms with Crippen LogP contribution in [0.3, 0.4) is 0 Å². The molecule has 2 aliphatic rings. The van der Waals surface area contributed by atoms with E-state index in [1.165, 1.54) is 9.13 Å². The summed E-state index contributed by atoms with van der Waals surface area (Å²) in [6.45, 7) is 12.9. The Labute approximate surface area is 234 Å². The number of nitrogens with zero attached hydrogens (tertiary/aromatic N) is 6. The Balaban J connectivity index is 1.48. The van der Waals surface area contributed by atoms with Crippen molar-refractivity contribution < 1.29 is 4.79 Å². The van der Waals surface area contributed by atoms with Crippen LogP contribution in [0, 0.1) is 10.5 Å². The minimum Gasteiger partial charge on any atom is -0.391 e. The highest BCUT2D eigenvalue weighted by Crippen LogP contribution is 2.31. The molecule has 1 atom stereocenters. The number of piperazine rings is 1. The van der Waals surface area contributed by atoms with Crippen molar-refractivity contribution in [2.45, 2.75) is 39.7 Å². The van der Waals surface area contributed by atoms with Crippen molar-refractivity contribution in [3.8, 4) is 0 Å². The van der Waals surface area contributed by atoms with Crippen LogP contribution in [0.4, 0.5) is 10.7 Å². The Morgan fingerprint density at radius 3 is 2.59 bits per heavy atom. The number of halogens is 1. The molecule has 1 N–H and O–H groups in total. The van der Waals surface area contributed by atoms with Crippen molar-refractivity contribution in [3.05, 3.63) is 62.6 Å². The average Bonchev–Trinajstić information content (AvgIpc) is 3.37. The van der Waals surface area contributed by atoms with Crippen molar-refractivity contribution >= 4 is 59.7 Å². The summed E-state index contributed by atoms with van der Waals surface area (Å²) in [7, 11) is 3.97. The van der Waals surface area contributed by atoms with Crippen LogP contribution in [0.15, 0.2) is 47.3 Å². The summed E-state index contributed by atoms with van der Waals surface area (Å²) in [5, 5.41) is 9.41. The van der Waals surface area contributed by atoms with E-state index in [-0.39, 0.29) is 12.1 Å². The van der Waals surface area contributed by atoms with Gasteiger partial charge in [0.05, 0.1) is 11.7 Å². The molecular formula is C27H35BIN7O. The zero-order chi connectivity index (χ0) is 26.7. The molecule has 0 spiro atoms. The second-order valence-corrected chi connectivity index (χ2v) is 10.9. The minimum atomic E-state index is -0.0609. The Bertz CT molecular complexity index is 1230. The number of carbonyl (C=O) groups is 1. The highest BCUT2D eigenvalue weighted by molar-refractivity contribution is 14.1. The van der Waals surface area contributed by atoms with Crippen LogP contribution in [-0.4, -0.2) is 73.2 Å². The number of anilines is 1. The fourth-order valence-corrected chi connectivity index (χ4v) is 5.85. The van der Waals surface area contributed by atoms with Crippen LogP contribution >= 0.6 is 22.6 Å². The molecule has 1 aromatic heterocycles. The van der Waals surface area contributed by atoms with E-state index in [9.17, 15) is 4.79 Å². The summed E-state index contributed by atoms with van der Waals surface area (Å²) in [6, 6.07) is 6.32. The molecule has 1 unspecified atom stereocenters. The lowest BCUT2D eigenvalue weighted by Crippen LogP contribution is -2.52. The van der Waals surface area contributed by atoms with Gasteiger partial charge in [-0.05, 0) is 77.2 Å². The summed E-state index contributed by atoms with van der Waals surface area (Å²) in [5.74, 6) is 0.685. The second kappa shape index (κ2) is 11.7. The van der Waals surface area contributed by atoms with Gasteiger partial charge in [-0.15, -0.1) is 0 Å². The Morgan fingerprint density at radius 1 is 1.24 bits per heavy atom. The smallest absolute Gasteiger partial charge is 0.341 e. The fourth-order valence-electron chi connectivity index (χ4n) is 4.99. The van der Waals surface area contributed by atoms with Gasteiger partial charge in [0.2, 0.25) is 5.95 Å². The highest BCUT2D eigenvalue weighted by atomic mass is 127. The number of hydrogen-bond donors (Lipinski definition) is 1. The molecule has 1 aromatic carbocycles. The molecule has 0 bridgehead atoms. The number of urea groups is 1. The van der Waals surface area contributed by atoms with E-state index >= 15 is 0 Å². The van der Waals surface area contributed by atoms with E-state index in [1.807, 2.05) is 39.1 Å². The van der Waals surface area contributed by atoms with Gasteiger partial charge in [-0.3, -0.25) is 0 Å². The number of rotatable bonds is 6. The predicted octanol–water partition coefficient (Wildman–Crippen LogP) is 3.24. The molecule has 1 fully saturated rings. The topological polar surface area (TPSA) is 77.0 Å². The van der Waals surface area contributed by atoms with Crippen LogP contribution in [-0.2, 0) is 0 Å². The number of aromatic nitrogens is 2. The summed E-state index contributed by atoms with van der Waals surface area (Å²) < 4.78 is 1.17. The zero-order valence-electron chi connectivity index (χ0n) is 22.4. The second-order valence-electron chi connectivity index (χ2n) is 9.65. The molecule has 4 rings (SSSR count). The quantitative estimate of drug-likeness (QED) is 0.309. The number of allylic oxidation sites excluding steroid dienone is 3. The van der Waals surface area contributed by atoms with Crippen molar-refractivity contribution in [2.24, 2.45) is 5.10 Å². The van der Waals surface area contributed by atoms with Gasteiger partial charge < -0.3 is 15.1 Å². The number of hydrogen-bond acceptors (Lipinski definition) is 6. The normalized spacial score (nSPS) is 18.2. The van der Waals surface area contributed by atoms with E-state index < -0.39 is 0 Å². The number of amides is 2. The number of benzene rings is 1. The summed E-state index contributed by atoms with van der Waals surface area (Å²) >= 11 is 2.33. The number of nitrogens with one attached hydrogen (secondary N) is 1. The maximum absolute atomic E-state index is 13.5. The molecule has 3 heterocycles. The van der Waals surface area contributed by atoms with Gasteiger partial charge in [0, 0.05) is 66.9 Å². The van der Waals surface area contributed by atoms with Gasteiger partial charge in [-0.1, -0.05) is 19.6 Å². The lowest BCUT2D eigenvalue weighted by Gasteiger charge is -2.37. The third kappa shape index (κ3) is 5.84. The Hall–Kier alpha value is -2.89. The lowest BCUT2D eigenvalue weighted by molar-refractivity contribution is 0.139. The van der Waals surface area contributed by atoms with Crippen LogP contribution in [0.1, 0.15) is 49.6 Å². The molecule has 37 heavy (non-hydrogen) atoms. The molecule has 194 valence electrons. The van der Waals surface area contributed by atoms with Gasteiger partial charge >= 0.3 is 6.03 Å². The Morgan fingerprint density at radius 2 is 1.97 bits per heavy atom. The molecule has 10 heteroatoms. The van der Waals surface area contributed by atoms with Crippen LogP contribution in [0.5, 0.6) is 0 Å². The Kier molecular flexibility index (Phi) is 8.56. The first-order valence-electron chi connectivity index (χ1n) is 12.8. The van der Waals surface area contributed by atoms with Crippen LogP contribution in [0.2, 0.25) is 0 Å². The van der Waals surface area contributed by atoms with Crippen molar-refractivity contribution in [2.75, 3.05) is 38.1 Å². The van der Waals surface area contributed by atoms with Gasteiger partial charge in [0.15, 0.2) is 0 Å². The molecule has 1 saturated heterocycles. The standard InChI is InChI=1S/C27H35BIN7O/c1-6-22(30-5)24(17(2)3)25-21(28)16-31-26(33-25)34-9-11-35(12-10-34)27(37)36-23(7-8-32-36)19-13-18(4)14-20(29)15-19/h8,13-16,23,30H,2,6-7,9-12,28H2,1,3-5H3/b24-22+. The minimum absolute atomic E-state index is 0.0467. The summed E-state index contributed by atoms with van der Waals surface area (Å²) in [6.07, 6.45) is 5.32. The molecule has 2 aromatic rings. The van der Waals surface area contributed by atoms with E-state index in [0.717, 1.165) is 46.4 Å². The molecule has 0 aliphatic carbocycles. The van der Waals surface area contributed by atoms with Gasteiger partial charge in [-0.2, -0.15) is 5.10 Å². The van der Waals surface area contributed by atoms with Gasteiger partial charge in [0.25, 0.3) is 0 Å². The van der Waals surface area contributed by atoms with Gasteiger partial charge in [0.1, 0.15) is 7.85 Å². The highest BCUT2D eigenvalue weighted by Gasteiger charge is 2.33. The predicted molar refractivity (Wildman–Crippen MR) is 162 cm³/mol. The van der Waals surface area contributed by atoms with E-state index in [4.69, 9.17) is 4.98 Å². The van der Waals surface area contributed by atoms with Crippen molar-refractivity contribution in [1.82, 2.24) is 25.2 Å². The number of carbonyl (C=O) groups excluding carboxylic acids is 1. The first-order chi connectivity index (χ1) is 17.7. The SMILES string of the molecule is Bc1cnc(N2CCN(C(=O)N3N=CCC3c3cc(C)cc(I)c3)CC2)nc1/C(C(=C)C)=C(\CC)NC. The lowest BCUT2D eigenvalue weighted by atomic mass is 9.89. The van der Waals surface area contributed by atoms with Crippen LogP contribution in [0.25, 0.3) is 5.57 Å². The first kappa shape index (κ1) is 27.2. The number of hydrazone groups is 1. The molecule has 2 aliphatic heterocycles. The van der Waals surface area contributed by atoms with Crippen molar-refractivity contribution in [3.63, 3.8) is 0 Å². The van der Waals surface area contributed by atoms with Crippen molar-refractivity contribution in [1.29, 1.82) is 0 Å². The molecule has 8 nitrogen and oxygen atoms in total. The van der Waals surface area contributed by atoms with E-state index in [0.29, 0.717) is 32.1 Å². The molecule has 0 radical (unpaired) electrons. The maximum atomic E-state index is 13.5. The monoisotopic (exact) mass is 611 g/mol. The molecule has 2 amide bonds. The first-order valence-corrected chi connectivity index (χ1v) is 13.8. The maximum Gasteiger partial charge on any atom is 0.341 e. The van der Waals surface area contributed by atoms with E-state index in [1.54, 1.807) is 5.01 Å². The van der Waals surface area contributed by atoms with Crippen LogP contribution < -0.4 is 15.7 Å². The summed E-state index contributed by atoms with van der Waals surface area (Å²) in [5.41, 5.74) is 7.37. The average molecular weight is 611 g/mol. The largest absolute Gasteiger partial charge is 0.391 e. The molecule has 0 saturated carbocycles. The summed E-state index contributed by atoms with van der Waals surface area (Å²) in [4.78, 5) is 27.1. The zero-order valence-corrected chi connectivity index (χ0v) is 24.5. The van der Waals surface area contributed by atoms with E-state index in [2.05, 4.69) is 81.5 Å². The van der Waals surface area contributed by atoms with Gasteiger partial charge in [-0.25, -0.2) is 19.8 Å².